The summed E-state index contributed by atoms with van der Waals surface area (Å²) < 4.78 is 28.6. The highest BCUT2D eigenvalue weighted by Crippen LogP contribution is 2.33. The van der Waals surface area contributed by atoms with Gasteiger partial charge >= 0.3 is 0 Å². The predicted molar refractivity (Wildman–Crippen MR) is 157 cm³/mol. The molecule has 1 atom stereocenters. The Bertz CT molecular complexity index is 1420. The molecule has 7 nitrogen and oxygen atoms in total. The van der Waals surface area contributed by atoms with Crippen molar-refractivity contribution >= 4 is 62.3 Å². The highest BCUT2D eigenvalue weighted by Gasteiger charge is 2.34. The highest BCUT2D eigenvalue weighted by molar-refractivity contribution is 7.92. The number of amides is 2. The van der Waals surface area contributed by atoms with Crippen molar-refractivity contribution in [2.75, 3.05) is 10.8 Å². The van der Waals surface area contributed by atoms with Crippen molar-refractivity contribution in [2.24, 2.45) is 0 Å². The van der Waals surface area contributed by atoms with Crippen LogP contribution in [0.25, 0.3) is 0 Å². The van der Waals surface area contributed by atoms with Crippen molar-refractivity contribution in [3.63, 3.8) is 0 Å². The van der Waals surface area contributed by atoms with Crippen molar-refractivity contribution < 1.29 is 18.0 Å². The number of nitrogens with zero attached hydrogens (tertiary/aromatic N) is 2. The summed E-state index contributed by atoms with van der Waals surface area (Å²) in [5, 5.41) is 3.63. The number of sulfonamides is 1. The van der Waals surface area contributed by atoms with Gasteiger partial charge in [-0.25, -0.2) is 8.42 Å². The zero-order chi connectivity index (χ0) is 28.7. The Balaban J connectivity index is 2.10. The molecule has 11 heteroatoms. The Labute approximate surface area is 244 Å². The molecule has 0 aliphatic heterocycles. The number of carbonyl (C=O) groups is 2. The van der Waals surface area contributed by atoms with Crippen LogP contribution in [-0.2, 0) is 26.2 Å². The average Bonchev–Trinajstić information content (AvgIpc) is 2.88. The minimum Gasteiger partial charge on any atom is -0.352 e. The minimum absolute atomic E-state index is 0.00387. The van der Waals surface area contributed by atoms with E-state index in [1.807, 2.05) is 13.8 Å². The first-order valence-electron chi connectivity index (χ1n) is 12.3. The summed E-state index contributed by atoms with van der Waals surface area (Å²) in [6.45, 7) is 4.81. The summed E-state index contributed by atoms with van der Waals surface area (Å²) in [4.78, 5) is 28.5. The van der Waals surface area contributed by atoms with Gasteiger partial charge in [-0.15, -0.1) is 0 Å². The topological polar surface area (TPSA) is 86.8 Å². The molecule has 0 bridgehead atoms. The van der Waals surface area contributed by atoms with Crippen LogP contribution in [0.5, 0.6) is 0 Å². The molecule has 1 N–H and O–H groups in total. The second kappa shape index (κ2) is 13.5. The van der Waals surface area contributed by atoms with Gasteiger partial charge in [0.25, 0.3) is 10.0 Å². The SMILES string of the molecule is CCC(C(=O)NC(C)C)N(Cc1ccccc1Cl)C(=O)CN(c1ccc(Cl)cc1Cl)S(=O)(=O)c1ccccc1. The van der Waals surface area contributed by atoms with Gasteiger partial charge in [-0.1, -0.05) is 78.1 Å². The zero-order valence-electron chi connectivity index (χ0n) is 21.8. The van der Waals surface area contributed by atoms with E-state index in [-0.39, 0.29) is 34.1 Å². The summed E-state index contributed by atoms with van der Waals surface area (Å²) in [7, 11) is -4.24. The first kappa shape index (κ1) is 30.8. The maximum absolute atomic E-state index is 14.0. The fourth-order valence-electron chi connectivity index (χ4n) is 4.03. The van der Waals surface area contributed by atoms with Crippen LogP contribution in [0, 0.1) is 0 Å². The number of hydrogen-bond acceptors (Lipinski definition) is 4. The lowest BCUT2D eigenvalue weighted by Crippen LogP contribution is -2.53. The van der Waals surface area contributed by atoms with Crippen LogP contribution < -0.4 is 9.62 Å². The molecule has 0 saturated carbocycles. The van der Waals surface area contributed by atoms with E-state index in [4.69, 9.17) is 34.8 Å². The molecule has 0 radical (unpaired) electrons. The number of rotatable bonds is 11. The second-order valence-electron chi connectivity index (χ2n) is 9.12. The van der Waals surface area contributed by atoms with Gasteiger partial charge in [0, 0.05) is 22.6 Å². The van der Waals surface area contributed by atoms with Crippen LogP contribution >= 0.6 is 34.8 Å². The third-order valence-corrected chi connectivity index (χ3v) is 8.58. The Kier molecular flexibility index (Phi) is 10.7. The van der Waals surface area contributed by atoms with Crippen molar-refractivity contribution in [1.82, 2.24) is 10.2 Å². The molecule has 1 unspecified atom stereocenters. The summed E-state index contributed by atoms with van der Waals surface area (Å²) in [5.41, 5.74) is 0.695. The van der Waals surface area contributed by atoms with Crippen LogP contribution in [0.15, 0.2) is 77.7 Å². The Morgan fingerprint density at radius 2 is 1.54 bits per heavy atom. The average molecular weight is 611 g/mol. The molecule has 39 heavy (non-hydrogen) atoms. The van der Waals surface area contributed by atoms with Crippen molar-refractivity contribution in [2.45, 2.75) is 50.7 Å². The molecule has 3 rings (SSSR count). The first-order chi connectivity index (χ1) is 18.4. The van der Waals surface area contributed by atoms with Gasteiger partial charge < -0.3 is 10.2 Å². The monoisotopic (exact) mass is 609 g/mol. The van der Waals surface area contributed by atoms with Crippen molar-refractivity contribution in [3.8, 4) is 0 Å². The molecule has 3 aromatic rings. The number of anilines is 1. The Morgan fingerprint density at radius 1 is 0.897 bits per heavy atom. The van der Waals surface area contributed by atoms with Crippen LogP contribution in [0.4, 0.5) is 5.69 Å². The van der Waals surface area contributed by atoms with Crippen LogP contribution in [-0.4, -0.2) is 43.8 Å². The zero-order valence-corrected chi connectivity index (χ0v) is 24.9. The van der Waals surface area contributed by atoms with Crippen LogP contribution in [0.2, 0.25) is 15.1 Å². The molecule has 0 fully saturated rings. The summed E-state index contributed by atoms with van der Waals surface area (Å²) in [5.74, 6) is -0.957. The molecular formula is C28H30Cl3N3O4S. The first-order valence-corrected chi connectivity index (χ1v) is 14.9. The maximum Gasteiger partial charge on any atom is 0.264 e. The normalized spacial score (nSPS) is 12.2. The smallest absolute Gasteiger partial charge is 0.264 e. The largest absolute Gasteiger partial charge is 0.352 e. The summed E-state index contributed by atoms with van der Waals surface area (Å²) in [6, 6.07) is 18.0. The van der Waals surface area contributed by atoms with E-state index in [2.05, 4.69) is 5.32 Å². The van der Waals surface area contributed by atoms with Crippen LogP contribution in [0.3, 0.4) is 0 Å². The number of halogens is 3. The Hall–Kier alpha value is -2.78. The summed E-state index contributed by atoms with van der Waals surface area (Å²) >= 11 is 18.9. The fraction of sp³-hybridized carbons (Fsp3) is 0.286. The third kappa shape index (κ3) is 7.66. The molecule has 3 aromatic carbocycles. The molecule has 0 aliphatic carbocycles. The van der Waals surface area contributed by atoms with Crippen LogP contribution in [0.1, 0.15) is 32.8 Å². The third-order valence-electron chi connectivity index (χ3n) is 5.90. The lowest BCUT2D eigenvalue weighted by atomic mass is 10.1. The van der Waals surface area contributed by atoms with Gasteiger partial charge in [0.05, 0.1) is 15.6 Å². The maximum atomic E-state index is 14.0. The van der Waals surface area contributed by atoms with E-state index in [0.29, 0.717) is 22.0 Å². The number of carbonyl (C=O) groups excluding carboxylic acids is 2. The quantitative estimate of drug-likeness (QED) is 0.281. The molecule has 0 aromatic heterocycles. The molecule has 208 valence electrons. The van der Waals surface area contributed by atoms with Gasteiger partial charge in [0.1, 0.15) is 12.6 Å². The molecule has 0 spiro atoms. The van der Waals surface area contributed by atoms with Crippen molar-refractivity contribution in [3.05, 3.63) is 93.4 Å². The van der Waals surface area contributed by atoms with E-state index in [9.17, 15) is 18.0 Å². The number of hydrogen-bond donors (Lipinski definition) is 1. The number of benzene rings is 3. The summed E-state index contributed by atoms with van der Waals surface area (Å²) in [6.07, 6.45) is 0.294. The Morgan fingerprint density at radius 3 is 2.13 bits per heavy atom. The second-order valence-corrected chi connectivity index (χ2v) is 12.2. The lowest BCUT2D eigenvalue weighted by Gasteiger charge is -2.34. The van der Waals surface area contributed by atoms with Gasteiger partial charge in [-0.2, -0.15) is 0 Å². The molecule has 2 amide bonds. The minimum atomic E-state index is -4.24. The lowest BCUT2D eigenvalue weighted by molar-refractivity contribution is -0.140. The molecule has 0 aliphatic rings. The van der Waals surface area contributed by atoms with E-state index in [1.165, 1.54) is 35.2 Å². The van der Waals surface area contributed by atoms with Gasteiger partial charge in [0.15, 0.2) is 0 Å². The van der Waals surface area contributed by atoms with Gasteiger partial charge in [-0.3, -0.25) is 13.9 Å². The van der Waals surface area contributed by atoms with Gasteiger partial charge in [0.2, 0.25) is 11.8 Å². The molecular weight excluding hydrogens is 581 g/mol. The predicted octanol–water partition coefficient (Wildman–Crippen LogP) is 6.17. The van der Waals surface area contributed by atoms with E-state index < -0.39 is 28.5 Å². The van der Waals surface area contributed by atoms with E-state index in [0.717, 1.165) is 4.31 Å². The van der Waals surface area contributed by atoms with E-state index >= 15 is 0 Å². The molecule has 0 saturated heterocycles. The molecule has 0 heterocycles. The number of nitrogens with one attached hydrogen (secondary N) is 1. The highest BCUT2D eigenvalue weighted by atomic mass is 35.5. The van der Waals surface area contributed by atoms with Crippen molar-refractivity contribution in [1.29, 1.82) is 0 Å². The van der Waals surface area contributed by atoms with E-state index in [1.54, 1.807) is 49.4 Å². The standard InChI is InChI=1S/C28H30Cl3N3O4S/c1-4-25(28(36)32-19(2)3)33(17-20-10-8-9-13-23(20)30)27(35)18-34(26-15-14-21(29)16-24(26)31)39(37,38)22-11-6-5-7-12-22/h5-16,19,25H,4,17-18H2,1-3H3,(H,32,36). The fourth-order valence-corrected chi connectivity index (χ4v) is 6.24. The van der Waals surface area contributed by atoms with Gasteiger partial charge in [-0.05, 0) is 62.2 Å².